The van der Waals surface area contributed by atoms with Crippen molar-refractivity contribution < 1.29 is 19.5 Å². The summed E-state index contributed by atoms with van der Waals surface area (Å²) in [6, 6.07) is 1.74. The number of hydrogen-bond acceptors (Lipinski definition) is 5. The summed E-state index contributed by atoms with van der Waals surface area (Å²) in [6.07, 6.45) is 1.40. The highest BCUT2D eigenvalue weighted by Gasteiger charge is 2.18. The quantitative estimate of drug-likeness (QED) is 0.492. The maximum absolute atomic E-state index is 11.6. The molecule has 0 unspecified atom stereocenters. The molecule has 0 bridgehead atoms. The second-order valence-corrected chi connectivity index (χ2v) is 4.27. The van der Waals surface area contributed by atoms with Crippen LogP contribution < -0.4 is 5.32 Å². The normalized spacial score (nSPS) is 15.5. The van der Waals surface area contributed by atoms with Gasteiger partial charge in [-0.05, 0) is 0 Å². The minimum absolute atomic E-state index is 0.00617. The molecule has 1 saturated heterocycles. The Balaban J connectivity index is 2.58. The monoisotopic (exact) mass is 280 g/mol. The molecule has 0 atom stereocenters. The Morgan fingerprint density at radius 2 is 1.90 bits per heavy atom. The van der Waals surface area contributed by atoms with Crippen LogP contribution in [-0.2, 0) is 14.4 Å². The average molecular weight is 280 g/mol. The molecule has 1 heterocycles. The Hall–Kier alpha value is -2.56. The number of hydrogen-bond donors (Lipinski definition) is 2. The summed E-state index contributed by atoms with van der Waals surface area (Å²) in [6.45, 7) is 3.07. The van der Waals surface area contributed by atoms with E-state index >= 15 is 0 Å². The summed E-state index contributed by atoms with van der Waals surface area (Å²) in [5, 5.41) is 19.5. The fraction of sp³-hybridized carbons (Fsp3) is 0.500. The summed E-state index contributed by atoms with van der Waals surface area (Å²) < 4.78 is 0. The molecule has 0 aromatic carbocycles. The predicted octanol–water partition coefficient (Wildman–Crippen LogP) is -1.24. The topological polar surface area (TPSA) is 114 Å². The molecule has 8 nitrogen and oxygen atoms in total. The van der Waals surface area contributed by atoms with Crippen molar-refractivity contribution in [2.75, 3.05) is 32.7 Å². The van der Waals surface area contributed by atoms with Crippen molar-refractivity contribution in [3.8, 4) is 6.07 Å². The van der Waals surface area contributed by atoms with Crippen LogP contribution in [0.5, 0.6) is 0 Å². The largest absolute Gasteiger partial charge is 0.480 e. The number of carboxylic acids is 1. The van der Waals surface area contributed by atoms with Crippen molar-refractivity contribution in [2.24, 2.45) is 0 Å². The number of nitrogens with one attached hydrogen (secondary N) is 1. The predicted molar refractivity (Wildman–Crippen MR) is 68.2 cm³/mol. The Kier molecular flexibility index (Phi) is 5.53. The average Bonchev–Trinajstić information content (AvgIpc) is 2.42. The van der Waals surface area contributed by atoms with Gasteiger partial charge < -0.3 is 20.2 Å². The van der Waals surface area contributed by atoms with Crippen LogP contribution in [0.3, 0.4) is 0 Å². The first-order valence-corrected chi connectivity index (χ1v) is 6.05. The van der Waals surface area contributed by atoms with Gasteiger partial charge >= 0.3 is 5.97 Å². The van der Waals surface area contributed by atoms with Gasteiger partial charge in [0.15, 0.2) is 0 Å². The highest BCUT2D eigenvalue weighted by Crippen LogP contribution is 2.05. The first-order chi connectivity index (χ1) is 9.43. The van der Waals surface area contributed by atoms with Gasteiger partial charge in [-0.15, -0.1) is 0 Å². The molecule has 108 valence electrons. The highest BCUT2D eigenvalue weighted by molar-refractivity contribution is 5.98. The van der Waals surface area contributed by atoms with Crippen LogP contribution in [0.25, 0.3) is 0 Å². The number of rotatable bonds is 4. The van der Waals surface area contributed by atoms with E-state index in [1.807, 2.05) is 0 Å². The summed E-state index contributed by atoms with van der Waals surface area (Å²) in [5.74, 6) is -1.90. The Morgan fingerprint density at radius 3 is 2.35 bits per heavy atom. The number of nitrogens with zero attached hydrogens (tertiary/aromatic N) is 3. The maximum atomic E-state index is 11.6. The van der Waals surface area contributed by atoms with E-state index in [9.17, 15) is 14.4 Å². The minimum Gasteiger partial charge on any atom is -0.480 e. The SMILES string of the molecule is CC(=O)N1CCN(/C=C(/C#N)C(=O)NCC(=O)O)CC1. The van der Waals surface area contributed by atoms with Crippen LogP contribution in [0.15, 0.2) is 11.8 Å². The lowest BCUT2D eigenvalue weighted by molar-refractivity contribution is -0.137. The van der Waals surface area contributed by atoms with Crippen molar-refractivity contribution in [2.45, 2.75) is 6.92 Å². The van der Waals surface area contributed by atoms with Gasteiger partial charge in [-0.3, -0.25) is 14.4 Å². The number of aliphatic carboxylic acids is 1. The first-order valence-electron chi connectivity index (χ1n) is 6.05. The Labute approximate surface area is 116 Å². The van der Waals surface area contributed by atoms with Gasteiger partial charge in [0.05, 0.1) is 0 Å². The van der Waals surface area contributed by atoms with E-state index in [4.69, 9.17) is 10.4 Å². The third-order valence-corrected chi connectivity index (χ3v) is 2.84. The van der Waals surface area contributed by atoms with Gasteiger partial charge in [-0.25, -0.2) is 0 Å². The lowest BCUT2D eigenvalue weighted by Gasteiger charge is -2.33. The summed E-state index contributed by atoms with van der Waals surface area (Å²) in [5.41, 5.74) is -0.150. The molecule has 0 spiro atoms. The Morgan fingerprint density at radius 1 is 1.30 bits per heavy atom. The van der Waals surface area contributed by atoms with Gasteiger partial charge in [0.1, 0.15) is 18.2 Å². The van der Waals surface area contributed by atoms with Gasteiger partial charge in [0, 0.05) is 39.3 Å². The fourth-order valence-corrected chi connectivity index (χ4v) is 1.74. The highest BCUT2D eigenvalue weighted by atomic mass is 16.4. The number of carbonyl (C=O) groups excluding carboxylic acids is 2. The second-order valence-electron chi connectivity index (χ2n) is 4.27. The maximum Gasteiger partial charge on any atom is 0.322 e. The lowest BCUT2D eigenvalue weighted by Crippen LogP contribution is -2.46. The molecule has 1 aliphatic rings. The van der Waals surface area contributed by atoms with Crippen molar-refractivity contribution in [1.29, 1.82) is 5.26 Å². The van der Waals surface area contributed by atoms with Crippen LogP contribution in [0.1, 0.15) is 6.92 Å². The number of piperazine rings is 1. The molecule has 0 aromatic heterocycles. The molecule has 2 N–H and O–H groups in total. The van der Waals surface area contributed by atoms with E-state index in [0.717, 1.165) is 0 Å². The smallest absolute Gasteiger partial charge is 0.322 e. The van der Waals surface area contributed by atoms with Gasteiger partial charge in [0.2, 0.25) is 5.91 Å². The van der Waals surface area contributed by atoms with E-state index in [-0.39, 0.29) is 11.5 Å². The molecule has 0 radical (unpaired) electrons. The van der Waals surface area contributed by atoms with Gasteiger partial charge in [-0.1, -0.05) is 0 Å². The Bertz CT molecular complexity index is 472. The zero-order chi connectivity index (χ0) is 15.1. The van der Waals surface area contributed by atoms with Crippen molar-refractivity contribution in [3.05, 3.63) is 11.8 Å². The first kappa shape index (κ1) is 15.5. The molecular weight excluding hydrogens is 264 g/mol. The van der Waals surface area contributed by atoms with Crippen LogP contribution >= 0.6 is 0 Å². The molecule has 2 amide bonds. The summed E-state index contributed by atoms with van der Waals surface area (Å²) in [4.78, 5) is 36.5. The van der Waals surface area contributed by atoms with Crippen molar-refractivity contribution >= 4 is 17.8 Å². The molecule has 1 fully saturated rings. The fourth-order valence-electron chi connectivity index (χ4n) is 1.74. The molecule has 0 aromatic rings. The molecule has 1 rings (SSSR count). The van der Waals surface area contributed by atoms with E-state index < -0.39 is 18.4 Å². The molecule has 0 aliphatic carbocycles. The number of carbonyl (C=O) groups is 3. The van der Waals surface area contributed by atoms with Crippen LogP contribution in [0, 0.1) is 11.3 Å². The molecule has 20 heavy (non-hydrogen) atoms. The van der Waals surface area contributed by atoms with E-state index in [2.05, 4.69) is 5.32 Å². The standard InChI is InChI=1S/C12H16N4O4/c1-9(17)16-4-2-15(3-5-16)8-10(6-13)12(20)14-7-11(18)19/h8H,2-5,7H2,1H3,(H,14,20)(H,18,19)/b10-8-. The minimum atomic E-state index is -1.18. The van der Waals surface area contributed by atoms with Crippen LogP contribution in [-0.4, -0.2) is 65.4 Å². The third-order valence-electron chi connectivity index (χ3n) is 2.84. The molecule has 1 aliphatic heterocycles. The summed E-state index contributed by atoms with van der Waals surface area (Å²) in [7, 11) is 0. The number of nitriles is 1. The van der Waals surface area contributed by atoms with Crippen molar-refractivity contribution in [3.63, 3.8) is 0 Å². The lowest BCUT2D eigenvalue weighted by atomic mass is 10.2. The van der Waals surface area contributed by atoms with E-state index in [1.165, 1.54) is 13.1 Å². The number of carboxylic acid groups (broad SMARTS) is 1. The van der Waals surface area contributed by atoms with Gasteiger partial charge in [0.25, 0.3) is 5.91 Å². The van der Waals surface area contributed by atoms with Crippen LogP contribution in [0.2, 0.25) is 0 Å². The van der Waals surface area contributed by atoms with E-state index in [1.54, 1.807) is 15.9 Å². The third kappa shape index (κ3) is 4.61. The zero-order valence-electron chi connectivity index (χ0n) is 11.1. The molecular formula is C12H16N4O4. The zero-order valence-corrected chi connectivity index (χ0v) is 11.1. The second kappa shape index (κ2) is 7.13. The molecule has 0 saturated carbocycles. The van der Waals surface area contributed by atoms with Crippen LogP contribution in [0.4, 0.5) is 0 Å². The number of amides is 2. The van der Waals surface area contributed by atoms with Crippen molar-refractivity contribution in [1.82, 2.24) is 15.1 Å². The van der Waals surface area contributed by atoms with Gasteiger partial charge in [-0.2, -0.15) is 5.26 Å². The van der Waals surface area contributed by atoms with E-state index in [0.29, 0.717) is 26.2 Å². The summed E-state index contributed by atoms with van der Waals surface area (Å²) >= 11 is 0. The molecule has 8 heteroatoms.